The molecule has 0 amide bonds. The van der Waals surface area contributed by atoms with E-state index in [1.165, 1.54) is 11.3 Å². The number of thiophene rings is 1. The van der Waals surface area contributed by atoms with Crippen molar-refractivity contribution >= 4 is 27.4 Å². The molecule has 7 nitrogen and oxygen atoms in total. The Bertz CT molecular complexity index is 1030. The number of hydrogen-bond donors (Lipinski definition) is 2. The summed E-state index contributed by atoms with van der Waals surface area (Å²) in [5.74, 6) is 2.67. The number of aliphatic hydroxyl groups excluding tert-OH is 1. The molecule has 0 aliphatic heterocycles. The fourth-order valence-electron chi connectivity index (χ4n) is 2.96. The molecule has 0 saturated heterocycles. The largest absolute Gasteiger partial charge is 0.493 e. The lowest BCUT2D eigenvalue weighted by molar-refractivity contribution is 0.292. The highest BCUT2D eigenvalue weighted by atomic mass is 32.1. The van der Waals surface area contributed by atoms with Gasteiger partial charge in [-0.3, -0.25) is 0 Å². The molecule has 0 aliphatic carbocycles. The topological polar surface area (TPSA) is 100 Å². The summed E-state index contributed by atoms with van der Waals surface area (Å²) in [5.41, 5.74) is 1.87. The molecule has 1 aromatic carbocycles. The molecule has 0 unspecified atom stereocenters. The number of nitrogens with zero attached hydrogens (tertiary/aromatic N) is 3. The molecular formula is C20H22N4O3S. The lowest BCUT2D eigenvalue weighted by atomic mass is 10.1. The number of methoxy groups -OCH3 is 2. The van der Waals surface area contributed by atoms with Gasteiger partial charge in [-0.1, -0.05) is 6.07 Å². The molecule has 3 rings (SSSR count). The average Bonchev–Trinajstić information content (AvgIpc) is 3.03. The van der Waals surface area contributed by atoms with Crippen LogP contribution < -0.4 is 14.8 Å². The van der Waals surface area contributed by atoms with Crippen molar-refractivity contribution in [2.24, 2.45) is 0 Å². The van der Waals surface area contributed by atoms with Crippen LogP contribution in [0.5, 0.6) is 11.5 Å². The van der Waals surface area contributed by atoms with Gasteiger partial charge in [0.15, 0.2) is 11.5 Å². The summed E-state index contributed by atoms with van der Waals surface area (Å²) in [5, 5.41) is 22.6. The number of aliphatic hydroxyl groups is 1. The summed E-state index contributed by atoms with van der Waals surface area (Å²) in [6.45, 7) is 2.60. The Labute approximate surface area is 167 Å². The first kappa shape index (κ1) is 19.9. The standard InChI is InChI=1S/C20H22N4O3S/c1-12-16(11-21)28-20-18(12)19(22-7-4-8-25)23-17(24-20)10-13-5-6-14(26-2)15(9-13)27-3/h5-6,9,25H,4,7-8,10H2,1-3H3,(H,22,23,24). The van der Waals surface area contributed by atoms with Gasteiger partial charge in [-0.15, -0.1) is 11.3 Å². The number of aromatic nitrogens is 2. The lowest BCUT2D eigenvalue weighted by Gasteiger charge is -2.11. The highest BCUT2D eigenvalue weighted by Crippen LogP contribution is 2.34. The van der Waals surface area contributed by atoms with Gasteiger partial charge in [-0.05, 0) is 36.6 Å². The molecular weight excluding hydrogens is 376 g/mol. The van der Waals surface area contributed by atoms with Gasteiger partial charge in [0.05, 0.1) is 19.6 Å². The van der Waals surface area contributed by atoms with Crippen molar-refractivity contribution < 1.29 is 14.6 Å². The molecule has 0 saturated carbocycles. The van der Waals surface area contributed by atoms with Crippen LogP contribution in [0.4, 0.5) is 5.82 Å². The summed E-state index contributed by atoms with van der Waals surface area (Å²) in [6, 6.07) is 7.95. The Hall–Kier alpha value is -2.89. The van der Waals surface area contributed by atoms with E-state index in [4.69, 9.17) is 19.6 Å². The molecule has 0 bridgehead atoms. The maximum Gasteiger partial charge on any atom is 0.161 e. The Morgan fingerprint density at radius 1 is 1.21 bits per heavy atom. The molecule has 0 aliphatic rings. The van der Waals surface area contributed by atoms with Gasteiger partial charge < -0.3 is 19.9 Å². The highest BCUT2D eigenvalue weighted by Gasteiger charge is 2.17. The smallest absolute Gasteiger partial charge is 0.161 e. The Balaban J connectivity index is 2.00. The predicted molar refractivity (Wildman–Crippen MR) is 109 cm³/mol. The maximum absolute atomic E-state index is 9.37. The summed E-state index contributed by atoms with van der Waals surface area (Å²) in [6.07, 6.45) is 1.13. The normalized spacial score (nSPS) is 10.7. The van der Waals surface area contributed by atoms with E-state index in [2.05, 4.69) is 16.4 Å². The lowest BCUT2D eigenvalue weighted by Crippen LogP contribution is -2.08. The van der Waals surface area contributed by atoms with Crippen molar-refractivity contribution in [2.75, 3.05) is 32.7 Å². The van der Waals surface area contributed by atoms with E-state index in [1.807, 2.05) is 25.1 Å². The molecule has 2 aromatic heterocycles. The number of nitriles is 1. The number of anilines is 1. The first-order valence-corrected chi connectivity index (χ1v) is 9.68. The van der Waals surface area contributed by atoms with Gasteiger partial charge in [0.25, 0.3) is 0 Å². The van der Waals surface area contributed by atoms with E-state index in [1.54, 1.807) is 14.2 Å². The van der Waals surface area contributed by atoms with Crippen molar-refractivity contribution in [1.29, 1.82) is 5.26 Å². The molecule has 28 heavy (non-hydrogen) atoms. The molecule has 0 radical (unpaired) electrons. The molecule has 0 atom stereocenters. The fourth-order valence-corrected chi connectivity index (χ4v) is 3.95. The van der Waals surface area contributed by atoms with Crippen LogP contribution in [0.15, 0.2) is 18.2 Å². The Morgan fingerprint density at radius 2 is 2.00 bits per heavy atom. The molecule has 3 aromatic rings. The number of ether oxygens (including phenoxy) is 2. The number of hydrogen-bond acceptors (Lipinski definition) is 8. The molecule has 2 N–H and O–H groups in total. The molecule has 0 fully saturated rings. The quantitative estimate of drug-likeness (QED) is 0.562. The van der Waals surface area contributed by atoms with Crippen LogP contribution in [-0.4, -0.2) is 42.4 Å². The monoisotopic (exact) mass is 398 g/mol. The third kappa shape index (κ3) is 4.01. The maximum atomic E-state index is 9.37. The molecule has 0 spiro atoms. The van der Waals surface area contributed by atoms with Crippen LogP contribution in [0.3, 0.4) is 0 Å². The van der Waals surface area contributed by atoms with E-state index in [-0.39, 0.29) is 6.61 Å². The summed E-state index contributed by atoms with van der Waals surface area (Å²) >= 11 is 1.37. The molecule has 8 heteroatoms. The summed E-state index contributed by atoms with van der Waals surface area (Å²) in [4.78, 5) is 10.8. The van der Waals surface area contributed by atoms with Crippen molar-refractivity contribution in [3.8, 4) is 17.6 Å². The van der Waals surface area contributed by atoms with Gasteiger partial charge in [-0.2, -0.15) is 5.26 Å². The number of nitrogens with one attached hydrogen (secondary N) is 1. The number of fused-ring (bicyclic) bond motifs is 1. The van der Waals surface area contributed by atoms with Crippen LogP contribution in [0, 0.1) is 18.3 Å². The Morgan fingerprint density at radius 3 is 2.68 bits per heavy atom. The van der Waals surface area contributed by atoms with E-state index in [0.29, 0.717) is 47.4 Å². The van der Waals surface area contributed by atoms with Crippen molar-refractivity contribution in [3.05, 3.63) is 40.0 Å². The second-order valence-electron chi connectivity index (χ2n) is 6.21. The van der Waals surface area contributed by atoms with Gasteiger partial charge in [0.1, 0.15) is 27.4 Å². The van der Waals surface area contributed by atoms with E-state index >= 15 is 0 Å². The van der Waals surface area contributed by atoms with Crippen molar-refractivity contribution in [3.63, 3.8) is 0 Å². The van der Waals surface area contributed by atoms with E-state index in [9.17, 15) is 5.26 Å². The van der Waals surface area contributed by atoms with Gasteiger partial charge in [0.2, 0.25) is 0 Å². The van der Waals surface area contributed by atoms with Gasteiger partial charge in [0, 0.05) is 19.6 Å². The van der Waals surface area contributed by atoms with Crippen LogP contribution in [-0.2, 0) is 6.42 Å². The van der Waals surface area contributed by atoms with Crippen molar-refractivity contribution in [2.45, 2.75) is 19.8 Å². The van der Waals surface area contributed by atoms with Crippen LogP contribution in [0.1, 0.15) is 28.2 Å². The second kappa shape index (κ2) is 8.87. The average molecular weight is 398 g/mol. The third-order valence-corrected chi connectivity index (χ3v) is 5.47. The number of benzene rings is 1. The number of aryl methyl sites for hydroxylation is 1. The SMILES string of the molecule is COc1ccc(Cc2nc(NCCCO)c3c(C)c(C#N)sc3n2)cc1OC. The molecule has 2 heterocycles. The second-order valence-corrected chi connectivity index (χ2v) is 7.21. The number of rotatable bonds is 8. The minimum absolute atomic E-state index is 0.103. The summed E-state index contributed by atoms with van der Waals surface area (Å²) < 4.78 is 10.7. The first-order chi connectivity index (χ1) is 13.6. The predicted octanol–water partition coefficient (Wildman–Crippen LogP) is 3.27. The zero-order valence-corrected chi connectivity index (χ0v) is 16.9. The van der Waals surface area contributed by atoms with Crippen LogP contribution in [0.25, 0.3) is 10.2 Å². The van der Waals surface area contributed by atoms with Crippen LogP contribution in [0.2, 0.25) is 0 Å². The Kier molecular flexibility index (Phi) is 6.29. The zero-order chi connectivity index (χ0) is 20.1. The molecule has 146 valence electrons. The van der Waals surface area contributed by atoms with Gasteiger partial charge >= 0.3 is 0 Å². The fraction of sp³-hybridized carbons (Fsp3) is 0.350. The minimum Gasteiger partial charge on any atom is -0.493 e. The van der Waals surface area contributed by atoms with Crippen LogP contribution >= 0.6 is 11.3 Å². The highest BCUT2D eigenvalue weighted by molar-refractivity contribution is 7.19. The minimum atomic E-state index is 0.103. The summed E-state index contributed by atoms with van der Waals surface area (Å²) in [7, 11) is 3.20. The van der Waals surface area contributed by atoms with Gasteiger partial charge in [-0.25, -0.2) is 9.97 Å². The van der Waals surface area contributed by atoms with Crippen molar-refractivity contribution in [1.82, 2.24) is 9.97 Å². The third-order valence-electron chi connectivity index (χ3n) is 4.38. The first-order valence-electron chi connectivity index (χ1n) is 8.87. The van der Waals surface area contributed by atoms with E-state index in [0.717, 1.165) is 21.3 Å². The van der Waals surface area contributed by atoms with E-state index < -0.39 is 0 Å². The zero-order valence-electron chi connectivity index (χ0n) is 16.1.